The van der Waals surface area contributed by atoms with Crippen molar-refractivity contribution in [2.75, 3.05) is 0 Å². The SMILES string of the molecule is CC(S)C(=O)NC(C)c1ccc(F)cc1. The zero-order chi connectivity index (χ0) is 11.4. The third kappa shape index (κ3) is 3.55. The zero-order valence-corrected chi connectivity index (χ0v) is 9.59. The van der Waals surface area contributed by atoms with E-state index in [1.54, 1.807) is 19.1 Å². The molecule has 0 aliphatic heterocycles. The van der Waals surface area contributed by atoms with Crippen LogP contribution in [-0.4, -0.2) is 11.2 Å². The number of thiol groups is 1. The van der Waals surface area contributed by atoms with Crippen LogP contribution in [0.15, 0.2) is 24.3 Å². The second kappa shape index (κ2) is 5.16. The summed E-state index contributed by atoms with van der Waals surface area (Å²) in [5.74, 6) is -0.407. The van der Waals surface area contributed by atoms with Gasteiger partial charge >= 0.3 is 0 Å². The van der Waals surface area contributed by atoms with Gasteiger partial charge in [0.1, 0.15) is 5.82 Å². The van der Waals surface area contributed by atoms with E-state index in [4.69, 9.17) is 0 Å². The number of rotatable bonds is 3. The summed E-state index contributed by atoms with van der Waals surface area (Å²) in [7, 11) is 0. The Balaban J connectivity index is 2.65. The molecule has 0 radical (unpaired) electrons. The number of carbonyl (C=O) groups excluding carboxylic acids is 1. The third-order valence-electron chi connectivity index (χ3n) is 2.11. The predicted molar refractivity (Wildman–Crippen MR) is 61.4 cm³/mol. The van der Waals surface area contributed by atoms with Crippen molar-refractivity contribution in [3.05, 3.63) is 35.6 Å². The van der Waals surface area contributed by atoms with E-state index in [0.717, 1.165) is 5.56 Å². The molecule has 1 aromatic rings. The van der Waals surface area contributed by atoms with Gasteiger partial charge in [0.05, 0.1) is 11.3 Å². The van der Waals surface area contributed by atoms with Crippen LogP contribution in [-0.2, 0) is 4.79 Å². The fourth-order valence-corrected chi connectivity index (χ4v) is 1.24. The zero-order valence-electron chi connectivity index (χ0n) is 8.70. The number of carbonyl (C=O) groups is 1. The molecule has 0 saturated heterocycles. The fourth-order valence-electron chi connectivity index (χ4n) is 1.17. The molecular formula is C11H14FNOS. The Morgan fingerprint density at radius 2 is 1.87 bits per heavy atom. The molecule has 0 spiro atoms. The van der Waals surface area contributed by atoms with Gasteiger partial charge in [-0.3, -0.25) is 4.79 Å². The molecule has 15 heavy (non-hydrogen) atoms. The highest BCUT2D eigenvalue weighted by Gasteiger charge is 2.12. The number of nitrogens with one attached hydrogen (secondary N) is 1. The van der Waals surface area contributed by atoms with E-state index in [-0.39, 0.29) is 23.0 Å². The van der Waals surface area contributed by atoms with E-state index < -0.39 is 0 Å². The number of amides is 1. The summed E-state index contributed by atoms with van der Waals surface area (Å²) in [5.41, 5.74) is 0.874. The van der Waals surface area contributed by atoms with Crippen LogP contribution in [0.5, 0.6) is 0 Å². The first-order chi connectivity index (χ1) is 7.00. The molecule has 1 rings (SSSR count). The van der Waals surface area contributed by atoms with Gasteiger partial charge in [-0.15, -0.1) is 0 Å². The van der Waals surface area contributed by atoms with Crippen molar-refractivity contribution in [2.24, 2.45) is 0 Å². The van der Waals surface area contributed by atoms with E-state index in [2.05, 4.69) is 17.9 Å². The Kier molecular flexibility index (Phi) is 4.15. The summed E-state index contributed by atoms with van der Waals surface area (Å²) in [4.78, 5) is 11.3. The lowest BCUT2D eigenvalue weighted by atomic mass is 10.1. The van der Waals surface area contributed by atoms with Gasteiger partial charge in [0.2, 0.25) is 5.91 Å². The molecule has 0 heterocycles. The van der Waals surface area contributed by atoms with Gasteiger partial charge in [-0.1, -0.05) is 12.1 Å². The maximum absolute atomic E-state index is 12.6. The minimum absolute atomic E-state index is 0.129. The van der Waals surface area contributed by atoms with Gasteiger partial charge < -0.3 is 5.32 Å². The molecule has 0 fully saturated rings. The molecule has 1 N–H and O–H groups in total. The summed E-state index contributed by atoms with van der Waals surface area (Å²) in [6.07, 6.45) is 0. The molecule has 0 bridgehead atoms. The first-order valence-electron chi connectivity index (χ1n) is 4.74. The molecule has 1 aromatic carbocycles. The lowest BCUT2D eigenvalue weighted by molar-refractivity contribution is -0.120. The van der Waals surface area contributed by atoms with Gasteiger partial charge in [-0.2, -0.15) is 12.6 Å². The standard InChI is InChI=1S/C11H14FNOS/c1-7(13-11(14)8(2)15)9-3-5-10(12)6-4-9/h3-8,15H,1-2H3,(H,13,14). The molecule has 0 aromatic heterocycles. The van der Waals surface area contributed by atoms with E-state index in [9.17, 15) is 9.18 Å². The van der Waals surface area contributed by atoms with Crippen molar-refractivity contribution < 1.29 is 9.18 Å². The van der Waals surface area contributed by atoms with Crippen LogP contribution in [0.4, 0.5) is 4.39 Å². The summed E-state index contributed by atoms with van der Waals surface area (Å²) < 4.78 is 12.6. The molecule has 2 nitrogen and oxygen atoms in total. The molecule has 4 heteroatoms. The molecule has 0 aliphatic carbocycles. The van der Waals surface area contributed by atoms with Crippen molar-refractivity contribution in [1.29, 1.82) is 0 Å². The Morgan fingerprint density at radius 3 is 2.33 bits per heavy atom. The molecule has 82 valence electrons. The highest BCUT2D eigenvalue weighted by Crippen LogP contribution is 2.13. The van der Waals surface area contributed by atoms with Crippen LogP contribution in [0, 0.1) is 5.82 Å². The van der Waals surface area contributed by atoms with Crippen LogP contribution in [0.25, 0.3) is 0 Å². The Morgan fingerprint density at radius 1 is 1.33 bits per heavy atom. The van der Waals surface area contributed by atoms with Crippen LogP contribution in [0.1, 0.15) is 25.5 Å². The fraction of sp³-hybridized carbons (Fsp3) is 0.364. The van der Waals surface area contributed by atoms with Crippen molar-refractivity contribution >= 4 is 18.5 Å². The van der Waals surface area contributed by atoms with Gasteiger partial charge in [-0.25, -0.2) is 4.39 Å². The average Bonchev–Trinajstić information content (AvgIpc) is 2.18. The van der Waals surface area contributed by atoms with E-state index >= 15 is 0 Å². The first-order valence-corrected chi connectivity index (χ1v) is 5.26. The quantitative estimate of drug-likeness (QED) is 0.762. The van der Waals surface area contributed by atoms with Crippen molar-refractivity contribution in [3.63, 3.8) is 0 Å². The molecule has 0 saturated carbocycles. The number of hydrogen-bond acceptors (Lipinski definition) is 2. The number of hydrogen-bond donors (Lipinski definition) is 2. The molecule has 0 aliphatic rings. The number of halogens is 1. The maximum atomic E-state index is 12.6. The summed E-state index contributed by atoms with van der Waals surface area (Å²) >= 11 is 4.02. The normalized spacial score (nSPS) is 14.4. The minimum Gasteiger partial charge on any atom is -0.349 e. The van der Waals surface area contributed by atoms with Gasteiger partial charge in [-0.05, 0) is 31.5 Å². The molecular weight excluding hydrogens is 213 g/mol. The molecule has 1 amide bonds. The van der Waals surface area contributed by atoms with E-state index in [0.29, 0.717) is 0 Å². The smallest absolute Gasteiger partial charge is 0.233 e. The lowest BCUT2D eigenvalue weighted by Crippen LogP contribution is -2.31. The Bertz CT molecular complexity index is 337. The van der Waals surface area contributed by atoms with Crippen molar-refractivity contribution in [1.82, 2.24) is 5.32 Å². The third-order valence-corrected chi connectivity index (χ3v) is 2.34. The van der Waals surface area contributed by atoms with Crippen LogP contribution >= 0.6 is 12.6 Å². The second-order valence-corrected chi connectivity index (χ2v) is 4.23. The summed E-state index contributed by atoms with van der Waals surface area (Å²) in [6.45, 7) is 3.55. The summed E-state index contributed by atoms with van der Waals surface area (Å²) in [5, 5.41) is 2.44. The van der Waals surface area contributed by atoms with Crippen molar-refractivity contribution in [3.8, 4) is 0 Å². The minimum atomic E-state index is -0.340. The predicted octanol–water partition coefficient (Wildman–Crippen LogP) is 2.32. The van der Waals surface area contributed by atoms with Crippen LogP contribution in [0.3, 0.4) is 0 Å². The Labute approximate surface area is 94.3 Å². The average molecular weight is 227 g/mol. The second-order valence-electron chi connectivity index (χ2n) is 3.46. The Hall–Kier alpha value is -1.03. The number of benzene rings is 1. The topological polar surface area (TPSA) is 29.1 Å². The molecule has 2 atom stereocenters. The first kappa shape index (κ1) is 12.0. The van der Waals surface area contributed by atoms with Crippen molar-refractivity contribution in [2.45, 2.75) is 25.1 Å². The highest BCUT2D eigenvalue weighted by molar-refractivity contribution is 7.81. The van der Waals surface area contributed by atoms with E-state index in [1.165, 1.54) is 12.1 Å². The highest BCUT2D eigenvalue weighted by atomic mass is 32.1. The molecule has 2 unspecified atom stereocenters. The van der Waals surface area contributed by atoms with Crippen LogP contribution in [0.2, 0.25) is 0 Å². The van der Waals surface area contributed by atoms with Gasteiger partial charge in [0, 0.05) is 0 Å². The maximum Gasteiger partial charge on any atom is 0.233 e. The lowest BCUT2D eigenvalue weighted by Gasteiger charge is -2.15. The summed E-state index contributed by atoms with van der Waals surface area (Å²) in [6, 6.07) is 5.93. The van der Waals surface area contributed by atoms with Gasteiger partial charge in [0.25, 0.3) is 0 Å². The van der Waals surface area contributed by atoms with Crippen LogP contribution < -0.4 is 5.32 Å². The monoisotopic (exact) mass is 227 g/mol. The van der Waals surface area contributed by atoms with Gasteiger partial charge in [0.15, 0.2) is 0 Å². The largest absolute Gasteiger partial charge is 0.349 e. The van der Waals surface area contributed by atoms with E-state index in [1.807, 2.05) is 6.92 Å².